The predicted molar refractivity (Wildman–Crippen MR) is 89.7 cm³/mol. The van der Waals surface area contributed by atoms with Gasteiger partial charge in [-0.2, -0.15) is 0 Å². The van der Waals surface area contributed by atoms with Crippen LogP contribution in [0.3, 0.4) is 0 Å². The summed E-state index contributed by atoms with van der Waals surface area (Å²) >= 11 is 0. The number of benzene rings is 1. The predicted octanol–water partition coefficient (Wildman–Crippen LogP) is 2.95. The molecule has 24 heavy (non-hydrogen) atoms. The molecule has 6 heteroatoms. The molecular weight excluding hydrogens is 329 g/mol. The van der Waals surface area contributed by atoms with Gasteiger partial charge in [-0.3, -0.25) is 4.79 Å². The highest BCUT2D eigenvalue weighted by molar-refractivity contribution is 7.92. The van der Waals surface area contributed by atoms with E-state index in [9.17, 15) is 17.6 Å². The highest BCUT2D eigenvalue weighted by Crippen LogP contribution is 2.27. The quantitative estimate of drug-likeness (QED) is 0.621. The van der Waals surface area contributed by atoms with E-state index in [1.807, 2.05) is 6.08 Å². The van der Waals surface area contributed by atoms with Crippen molar-refractivity contribution >= 4 is 15.7 Å². The number of halogens is 1. The van der Waals surface area contributed by atoms with Gasteiger partial charge in [-0.15, -0.1) is 0 Å². The van der Waals surface area contributed by atoms with Gasteiger partial charge in [0.05, 0.1) is 10.1 Å². The molecule has 4 nitrogen and oxygen atoms in total. The number of amides is 1. The molecule has 0 bridgehead atoms. The number of nitrogens with zero attached hydrogens (tertiary/aromatic N) is 1. The Bertz CT molecular complexity index is 727. The van der Waals surface area contributed by atoms with Crippen molar-refractivity contribution in [2.24, 2.45) is 5.92 Å². The van der Waals surface area contributed by atoms with Crippen molar-refractivity contribution in [1.29, 1.82) is 0 Å². The Balaban J connectivity index is 1.74. The molecule has 0 unspecified atom stereocenters. The average Bonchev–Trinajstić information content (AvgIpc) is 2.62. The summed E-state index contributed by atoms with van der Waals surface area (Å²) in [6.45, 7) is 0.854. The number of carbonyl (C=O) groups excluding carboxylic acids is 1. The molecule has 1 saturated heterocycles. The van der Waals surface area contributed by atoms with Crippen LogP contribution in [0.2, 0.25) is 0 Å². The molecule has 0 N–H and O–H groups in total. The van der Waals surface area contributed by atoms with Crippen LogP contribution in [0, 0.1) is 11.7 Å². The lowest BCUT2D eigenvalue weighted by Gasteiger charge is -2.35. The molecule has 1 heterocycles. The van der Waals surface area contributed by atoms with Crippen molar-refractivity contribution in [3.63, 3.8) is 0 Å². The van der Waals surface area contributed by atoms with Gasteiger partial charge < -0.3 is 4.90 Å². The maximum absolute atomic E-state index is 13.0. The van der Waals surface area contributed by atoms with E-state index < -0.39 is 20.9 Å². The van der Waals surface area contributed by atoms with Crippen molar-refractivity contribution in [2.75, 3.05) is 13.1 Å². The molecular formula is C18H22FNO3S. The first-order valence-corrected chi connectivity index (χ1v) is 9.96. The summed E-state index contributed by atoms with van der Waals surface area (Å²) in [5.41, 5.74) is 0. The minimum atomic E-state index is -3.55. The van der Waals surface area contributed by atoms with Crippen LogP contribution in [-0.4, -0.2) is 37.6 Å². The third-order valence-electron chi connectivity index (χ3n) is 4.89. The van der Waals surface area contributed by atoms with E-state index >= 15 is 0 Å². The topological polar surface area (TPSA) is 54.5 Å². The molecule has 2 atom stereocenters. The smallest absolute Gasteiger partial charge is 0.226 e. The molecule has 3 rings (SSSR count). The zero-order chi connectivity index (χ0) is 17.2. The first-order valence-electron chi connectivity index (χ1n) is 8.42. The van der Waals surface area contributed by atoms with E-state index in [0.29, 0.717) is 19.4 Å². The zero-order valence-corrected chi connectivity index (χ0v) is 14.3. The van der Waals surface area contributed by atoms with Gasteiger partial charge in [0.2, 0.25) is 5.91 Å². The summed E-state index contributed by atoms with van der Waals surface area (Å²) in [6.07, 6.45) is 7.81. The van der Waals surface area contributed by atoms with Crippen molar-refractivity contribution in [1.82, 2.24) is 4.90 Å². The maximum Gasteiger partial charge on any atom is 0.226 e. The molecule has 0 spiro atoms. The van der Waals surface area contributed by atoms with Crippen LogP contribution in [0.25, 0.3) is 0 Å². The van der Waals surface area contributed by atoms with Gasteiger partial charge in [0.1, 0.15) is 5.82 Å². The van der Waals surface area contributed by atoms with Crippen LogP contribution in [-0.2, 0) is 14.6 Å². The highest BCUT2D eigenvalue weighted by atomic mass is 32.2. The van der Waals surface area contributed by atoms with Gasteiger partial charge in [0.15, 0.2) is 9.84 Å². The summed E-state index contributed by atoms with van der Waals surface area (Å²) in [7, 11) is -3.55. The SMILES string of the molecule is O=C([C@H]1CC=CCC1)N1CCC[C@@H](S(=O)(=O)c2ccc(F)cc2)C1. The van der Waals surface area contributed by atoms with Gasteiger partial charge in [0.25, 0.3) is 0 Å². The van der Waals surface area contributed by atoms with Gasteiger partial charge >= 0.3 is 0 Å². The number of hydrogen-bond acceptors (Lipinski definition) is 3. The van der Waals surface area contributed by atoms with Gasteiger partial charge in [-0.1, -0.05) is 12.2 Å². The summed E-state index contributed by atoms with van der Waals surface area (Å²) in [5.74, 6) is -0.416. The fraction of sp³-hybridized carbons (Fsp3) is 0.500. The Morgan fingerprint density at radius 3 is 2.54 bits per heavy atom. The Labute approximate surface area is 142 Å². The second-order valence-electron chi connectivity index (χ2n) is 6.53. The third-order valence-corrected chi connectivity index (χ3v) is 7.08. The zero-order valence-electron chi connectivity index (χ0n) is 13.5. The summed E-state index contributed by atoms with van der Waals surface area (Å²) in [5, 5.41) is -0.611. The van der Waals surface area contributed by atoms with E-state index in [4.69, 9.17) is 0 Å². The van der Waals surface area contributed by atoms with E-state index in [0.717, 1.165) is 31.4 Å². The van der Waals surface area contributed by atoms with Crippen LogP contribution in [0.1, 0.15) is 32.1 Å². The lowest BCUT2D eigenvalue weighted by atomic mass is 9.92. The second kappa shape index (κ2) is 7.05. The van der Waals surface area contributed by atoms with Crippen molar-refractivity contribution in [3.05, 3.63) is 42.2 Å². The molecule has 130 valence electrons. The van der Waals surface area contributed by atoms with E-state index in [2.05, 4.69) is 6.08 Å². The molecule has 1 aromatic carbocycles. The summed E-state index contributed by atoms with van der Waals surface area (Å²) < 4.78 is 38.6. The van der Waals surface area contributed by atoms with Crippen LogP contribution in [0.15, 0.2) is 41.3 Å². The van der Waals surface area contributed by atoms with Crippen molar-refractivity contribution in [2.45, 2.75) is 42.2 Å². The molecule has 2 aliphatic rings. The van der Waals surface area contributed by atoms with Crippen LogP contribution in [0.4, 0.5) is 4.39 Å². The molecule has 1 aliphatic carbocycles. The molecule has 0 saturated carbocycles. The lowest BCUT2D eigenvalue weighted by molar-refractivity contribution is -0.136. The number of likely N-dealkylation sites (tertiary alicyclic amines) is 1. The number of hydrogen-bond donors (Lipinski definition) is 0. The van der Waals surface area contributed by atoms with E-state index in [1.165, 1.54) is 12.1 Å². The summed E-state index contributed by atoms with van der Waals surface area (Å²) in [6, 6.07) is 4.93. The fourth-order valence-corrected chi connectivity index (χ4v) is 5.24. The average molecular weight is 351 g/mol. The van der Waals surface area contributed by atoms with Crippen LogP contribution in [0.5, 0.6) is 0 Å². The molecule has 0 radical (unpaired) electrons. The summed E-state index contributed by atoms with van der Waals surface area (Å²) in [4.78, 5) is 14.5. The number of sulfone groups is 1. The lowest BCUT2D eigenvalue weighted by Crippen LogP contribution is -2.47. The van der Waals surface area contributed by atoms with E-state index in [-0.39, 0.29) is 23.3 Å². The Kier molecular flexibility index (Phi) is 5.04. The number of allylic oxidation sites excluding steroid dienone is 2. The largest absolute Gasteiger partial charge is 0.341 e. The monoisotopic (exact) mass is 351 g/mol. The third kappa shape index (κ3) is 3.53. The Hall–Kier alpha value is -1.69. The molecule has 1 fully saturated rings. The second-order valence-corrected chi connectivity index (χ2v) is 8.76. The molecule has 1 aromatic rings. The maximum atomic E-state index is 13.0. The first kappa shape index (κ1) is 17.1. The minimum Gasteiger partial charge on any atom is -0.341 e. The Morgan fingerprint density at radius 2 is 1.88 bits per heavy atom. The normalized spacial score (nSPS) is 24.8. The Morgan fingerprint density at radius 1 is 1.12 bits per heavy atom. The first-order chi connectivity index (χ1) is 11.5. The van der Waals surface area contributed by atoms with Gasteiger partial charge in [0, 0.05) is 19.0 Å². The van der Waals surface area contributed by atoms with Crippen molar-refractivity contribution < 1.29 is 17.6 Å². The fourth-order valence-electron chi connectivity index (χ4n) is 3.48. The van der Waals surface area contributed by atoms with Crippen LogP contribution >= 0.6 is 0 Å². The van der Waals surface area contributed by atoms with Crippen LogP contribution < -0.4 is 0 Å². The number of piperidine rings is 1. The molecule has 1 aliphatic heterocycles. The van der Waals surface area contributed by atoms with Crippen molar-refractivity contribution in [3.8, 4) is 0 Å². The molecule has 1 amide bonds. The highest BCUT2D eigenvalue weighted by Gasteiger charge is 2.35. The van der Waals surface area contributed by atoms with Gasteiger partial charge in [-0.05, 0) is 56.4 Å². The van der Waals surface area contributed by atoms with Gasteiger partial charge in [-0.25, -0.2) is 12.8 Å². The minimum absolute atomic E-state index is 0.0257. The molecule has 0 aromatic heterocycles. The number of carbonyl (C=O) groups is 1. The van der Waals surface area contributed by atoms with E-state index in [1.54, 1.807) is 4.90 Å². The number of rotatable bonds is 3. The standard InChI is InChI=1S/C18H22FNO3S/c19-15-8-10-16(11-9-15)24(22,23)17-7-4-12-20(13-17)18(21)14-5-2-1-3-6-14/h1-2,8-11,14,17H,3-7,12-13H2/t14-,17+/m0/s1.